The summed E-state index contributed by atoms with van der Waals surface area (Å²) >= 11 is 2.28. The van der Waals surface area contributed by atoms with Crippen LogP contribution in [-0.2, 0) is 0 Å². The van der Waals surface area contributed by atoms with Crippen LogP contribution in [0.4, 0.5) is 0 Å². The van der Waals surface area contributed by atoms with Crippen LogP contribution in [0, 0.1) is 6.42 Å². The summed E-state index contributed by atoms with van der Waals surface area (Å²) in [5, 5.41) is 0. The molecule has 2 aliphatic rings. The molecular formula is C10H19S2. The molecule has 1 radical (unpaired) electrons. The number of hydrogen-bond donors (Lipinski definition) is 1. The van der Waals surface area contributed by atoms with Crippen molar-refractivity contribution in [3.05, 3.63) is 6.42 Å². The Morgan fingerprint density at radius 2 is 2.25 bits per heavy atom. The first-order valence-corrected chi connectivity index (χ1v) is 7.97. The fourth-order valence-corrected chi connectivity index (χ4v) is 7.13. The summed E-state index contributed by atoms with van der Waals surface area (Å²) in [7, 11) is 0.418. The minimum Gasteiger partial charge on any atom is -0.242 e. The Hall–Kier alpha value is 0.700. The summed E-state index contributed by atoms with van der Waals surface area (Å²) in [5.74, 6) is 4.50. The lowest BCUT2D eigenvalue weighted by Gasteiger charge is -2.35. The zero-order chi connectivity index (χ0) is 8.23. The van der Waals surface area contributed by atoms with Gasteiger partial charge in [-0.05, 0) is 49.4 Å². The molecule has 2 saturated heterocycles. The van der Waals surface area contributed by atoms with E-state index in [1.165, 1.54) is 43.6 Å². The zero-order valence-electron chi connectivity index (χ0n) is 7.67. The summed E-state index contributed by atoms with van der Waals surface area (Å²) in [5.41, 5.74) is 0. The average molecular weight is 203 g/mol. The average Bonchev–Trinajstić information content (AvgIpc) is 2.21. The van der Waals surface area contributed by atoms with E-state index in [4.69, 9.17) is 0 Å². The summed E-state index contributed by atoms with van der Waals surface area (Å²) in [6.07, 6.45) is 9.96. The maximum Gasteiger partial charge on any atom is 0.0325 e. The van der Waals surface area contributed by atoms with Gasteiger partial charge in [0.15, 0.2) is 0 Å². The quantitative estimate of drug-likeness (QED) is 0.638. The lowest BCUT2D eigenvalue weighted by Crippen LogP contribution is -2.17. The summed E-state index contributed by atoms with van der Waals surface area (Å²) in [4.78, 5) is 0. The van der Waals surface area contributed by atoms with Crippen molar-refractivity contribution in [2.75, 3.05) is 17.3 Å². The first-order chi connectivity index (χ1) is 5.97. The maximum atomic E-state index is 2.55. The van der Waals surface area contributed by atoms with E-state index in [0.29, 0.717) is 10.9 Å². The standard InChI is InChI=1S/C10H19S2/c1-4-8-12(9-5-1)10-6-2-3-7-11-10/h4,10,12H,1-3,5-9H2. The van der Waals surface area contributed by atoms with E-state index in [0.717, 1.165) is 4.58 Å². The minimum atomic E-state index is 0.418. The van der Waals surface area contributed by atoms with Crippen LogP contribution >= 0.6 is 22.7 Å². The third-order valence-corrected chi connectivity index (χ3v) is 7.96. The second-order valence-corrected chi connectivity index (χ2v) is 8.02. The normalized spacial score (nSPS) is 35.0. The van der Waals surface area contributed by atoms with E-state index in [2.05, 4.69) is 18.2 Å². The van der Waals surface area contributed by atoms with E-state index in [-0.39, 0.29) is 0 Å². The molecule has 2 heteroatoms. The third kappa shape index (κ3) is 2.35. The highest BCUT2D eigenvalue weighted by Gasteiger charge is 2.22. The van der Waals surface area contributed by atoms with Gasteiger partial charge >= 0.3 is 0 Å². The van der Waals surface area contributed by atoms with Gasteiger partial charge in [-0.1, -0.05) is 6.42 Å². The van der Waals surface area contributed by atoms with E-state index < -0.39 is 0 Å². The van der Waals surface area contributed by atoms with Crippen LogP contribution in [0.15, 0.2) is 0 Å². The van der Waals surface area contributed by atoms with Gasteiger partial charge in [-0.3, -0.25) is 0 Å². The lowest BCUT2D eigenvalue weighted by atomic mass is 10.3. The van der Waals surface area contributed by atoms with E-state index in [1.807, 2.05) is 0 Å². The molecule has 0 aliphatic carbocycles. The molecule has 2 heterocycles. The molecule has 0 bridgehead atoms. The summed E-state index contributed by atoms with van der Waals surface area (Å²) < 4.78 is 1.09. The third-order valence-electron chi connectivity index (χ3n) is 2.78. The zero-order valence-corrected chi connectivity index (χ0v) is 9.38. The molecule has 0 N–H and O–H groups in total. The number of hydrogen-bond acceptors (Lipinski definition) is 1. The Kier molecular flexibility index (Phi) is 3.71. The van der Waals surface area contributed by atoms with Gasteiger partial charge in [0, 0.05) is 4.58 Å². The van der Waals surface area contributed by atoms with Gasteiger partial charge < -0.3 is 0 Å². The molecule has 0 aromatic carbocycles. The Labute approximate surface area is 83.2 Å². The molecule has 2 aliphatic heterocycles. The molecule has 0 spiro atoms. The second kappa shape index (κ2) is 4.80. The van der Waals surface area contributed by atoms with Gasteiger partial charge in [0.25, 0.3) is 0 Å². The van der Waals surface area contributed by atoms with Crippen molar-refractivity contribution in [3.8, 4) is 0 Å². The van der Waals surface area contributed by atoms with Crippen LogP contribution in [0.3, 0.4) is 0 Å². The van der Waals surface area contributed by atoms with Crippen LogP contribution in [0.25, 0.3) is 0 Å². The highest BCUT2D eigenvalue weighted by atomic mass is 32.2. The fraction of sp³-hybridized carbons (Fsp3) is 0.900. The van der Waals surface area contributed by atoms with Gasteiger partial charge in [0.1, 0.15) is 0 Å². The van der Waals surface area contributed by atoms with Crippen molar-refractivity contribution in [2.24, 2.45) is 0 Å². The molecule has 2 unspecified atom stereocenters. The van der Waals surface area contributed by atoms with Crippen LogP contribution in [0.1, 0.15) is 32.1 Å². The van der Waals surface area contributed by atoms with Crippen LogP contribution < -0.4 is 0 Å². The van der Waals surface area contributed by atoms with Gasteiger partial charge in [-0.2, -0.15) is 0 Å². The van der Waals surface area contributed by atoms with Crippen LogP contribution in [-0.4, -0.2) is 21.8 Å². The van der Waals surface area contributed by atoms with Crippen molar-refractivity contribution >= 4 is 22.7 Å². The Bertz CT molecular complexity index is 108. The minimum absolute atomic E-state index is 0.418. The smallest absolute Gasteiger partial charge is 0.0325 e. The molecule has 12 heavy (non-hydrogen) atoms. The topological polar surface area (TPSA) is 0 Å². The fourth-order valence-electron chi connectivity index (χ4n) is 2.06. The molecule has 2 atom stereocenters. The SMILES string of the molecule is [CH]1CCC[SH](C2CCCCS2)C1. The van der Waals surface area contributed by atoms with Gasteiger partial charge in [0.05, 0.1) is 0 Å². The highest BCUT2D eigenvalue weighted by molar-refractivity contribution is 8.27. The van der Waals surface area contributed by atoms with Crippen molar-refractivity contribution in [1.29, 1.82) is 0 Å². The molecule has 2 fully saturated rings. The molecule has 71 valence electrons. The largest absolute Gasteiger partial charge is 0.242 e. The van der Waals surface area contributed by atoms with Crippen LogP contribution in [0.5, 0.6) is 0 Å². The Balaban J connectivity index is 1.80. The Morgan fingerprint density at radius 3 is 2.92 bits per heavy atom. The summed E-state index contributed by atoms with van der Waals surface area (Å²) in [6, 6.07) is 0. The molecule has 0 amide bonds. The molecule has 0 nitrogen and oxygen atoms in total. The van der Waals surface area contributed by atoms with Gasteiger partial charge in [-0.15, -0.1) is 11.8 Å². The molecule has 0 aromatic rings. The lowest BCUT2D eigenvalue weighted by molar-refractivity contribution is 0.741. The predicted molar refractivity (Wildman–Crippen MR) is 62.4 cm³/mol. The molecule has 0 aromatic heterocycles. The predicted octanol–water partition coefficient (Wildman–Crippen LogP) is 3.23. The summed E-state index contributed by atoms with van der Waals surface area (Å²) in [6.45, 7) is 0. The molecule has 0 saturated carbocycles. The maximum absolute atomic E-state index is 2.55. The van der Waals surface area contributed by atoms with Crippen molar-refractivity contribution in [2.45, 2.75) is 36.7 Å². The van der Waals surface area contributed by atoms with Crippen LogP contribution in [0.2, 0.25) is 0 Å². The highest BCUT2D eigenvalue weighted by Crippen LogP contribution is 2.46. The second-order valence-electron chi connectivity index (χ2n) is 3.75. The monoisotopic (exact) mass is 203 g/mol. The van der Waals surface area contributed by atoms with Crippen molar-refractivity contribution < 1.29 is 0 Å². The van der Waals surface area contributed by atoms with E-state index in [9.17, 15) is 0 Å². The first kappa shape index (κ1) is 9.26. The Morgan fingerprint density at radius 1 is 1.25 bits per heavy atom. The number of rotatable bonds is 1. The van der Waals surface area contributed by atoms with Gasteiger partial charge in [0.2, 0.25) is 0 Å². The van der Waals surface area contributed by atoms with E-state index >= 15 is 0 Å². The first-order valence-electron chi connectivity index (χ1n) is 5.14. The van der Waals surface area contributed by atoms with E-state index in [1.54, 1.807) is 5.75 Å². The van der Waals surface area contributed by atoms with Crippen molar-refractivity contribution in [3.63, 3.8) is 0 Å². The number of thioether (sulfide) groups is 1. The molecule has 2 rings (SSSR count). The van der Waals surface area contributed by atoms with Crippen molar-refractivity contribution in [1.82, 2.24) is 0 Å². The number of thiol groups is 1. The molecular weight excluding hydrogens is 184 g/mol. The van der Waals surface area contributed by atoms with Gasteiger partial charge in [-0.25, -0.2) is 10.9 Å².